The lowest BCUT2D eigenvalue weighted by Crippen LogP contribution is -2.23. The molecule has 0 fully saturated rings. The highest BCUT2D eigenvalue weighted by Crippen LogP contribution is 2.31. The molecule has 0 aliphatic rings. The Balaban J connectivity index is 1.80. The second-order valence-corrected chi connectivity index (χ2v) is 8.62. The molecule has 30 heavy (non-hydrogen) atoms. The number of aromatic nitrogens is 3. The Bertz CT molecular complexity index is 1010. The van der Waals surface area contributed by atoms with Crippen LogP contribution in [-0.2, 0) is 16.1 Å². The summed E-state index contributed by atoms with van der Waals surface area (Å²) < 4.78 is 7.19. The number of thioether (sulfide) groups is 1. The maximum absolute atomic E-state index is 12.7. The lowest BCUT2D eigenvalue weighted by molar-refractivity contribution is -0.115. The molecule has 3 aromatic rings. The molecule has 3 rings (SSSR count). The molecule has 158 valence electrons. The van der Waals surface area contributed by atoms with Crippen molar-refractivity contribution in [2.75, 3.05) is 19.0 Å². The van der Waals surface area contributed by atoms with Crippen LogP contribution in [-0.4, -0.2) is 39.6 Å². The Morgan fingerprint density at radius 3 is 2.77 bits per heavy atom. The quantitative estimate of drug-likeness (QED) is 0.369. The molecule has 0 bridgehead atoms. The van der Waals surface area contributed by atoms with Crippen LogP contribution in [0, 0.1) is 6.92 Å². The Hall–Kier alpha value is -2.35. The van der Waals surface area contributed by atoms with Crippen molar-refractivity contribution in [1.82, 2.24) is 14.8 Å². The first-order valence-electron chi connectivity index (χ1n) is 9.71. The van der Waals surface area contributed by atoms with Gasteiger partial charge in [0.25, 0.3) is 0 Å². The number of halogens is 1. The molecule has 1 aromatic heterocycles. The maximum Gasteiger partial charge on any atom is 0.237 e. The zero-order valence-electron chi connectivity index (χ0n) is 17.3. The van der Waals surface area contributed by atoms with Crippen LogP contribution < -0.4 is 5.32 Å². The Labute approximate surface area is 186 Å². The predicted molar refractivity (Wildman–Crippen MR) is 122 cm³/mol. The standard InChI is InChI=1S/C22H25ClN4O2S/c1-15-8-6-9-17(14-15)24-21(28)16(2)30-22-26-25-20(27(22)12-7-13-29-3)18-10-4-5-11-19(18)23/h4-6,8-11,14,16H,7,12-13H2,1-3H3,(H,24,28). The van der Waals surface area contributed by atoms with E-state index in [1.165, 1.54) is 11.8 Å². The van der Waals surface area contributed by atoms with Gasteiger partial charge in [0.05, 0.1) is 10.3 Å². The summed E-state index contributed by atoms with van der Waals surface area (Å²) >= 11 is 7.76. The summed E-state index contributed by atoms with van der Waals surface area (Å²) in [6.07, 6.45) is 0.795. The summed E-state index contributed by atoms with van der Waals surface area (Å²) in [6.45, 7) is 5.13. The fraction of sp³-hybridized carbons (Fsp3) is 0.318. The van der Waals surface area contributed by atoms with Crippen LogP contribution in [0.2, 0.25) is 5.02 Å². The van der Waals surface area contributed by atoms with Gasteiger partial charge in [0.2, 0.25) is 5.91 Å². The van der Waals surface area contributed by atoms with Crippen LogP contribution in [0.4, 0.5) is 5.69 Å². The summed E-state index contributed by atoms with van der Waals surface area (Å²) in [5, 5.41) is 12.6. The number of aryl methyl sites for hydroxylation is 1. The van der Waals surface area contributed by atoms with Gasteiger partial charge in [0.15, 0.2) is 11.0 Å². The molecule has 8 heteroatoms. The van der Waals surface area contributed by atoms with E-state index in [9.17, 15) is 4.79 Å². The topological polar surface area (TPSA) is 69.0 Å². The van der Waals surface area contributed by atoms with Crippen molar-refractivity contribution in [2.24, 2.45) is 0 Å². The summed E-state index contributed by atoms with van der Waals surface area (Å²) in [4.78, 5) is 12.7. The van der Waals surface area contributed by atoms with Crippen LogP contribution >= 0.6 is 23.4 Å². The first-order valence-corrected chi connectivity index (χ1v) is 11.0. The first-order chi connectivity index (χ1) is 14.5. The Kier molecular flexibility index (Phi) is 7.90. The number of benzene rings is 2. The molecule has 0 spiro atoms. The van der Waals surface area contributed by atoms with Crippen LogP contribution in [0.3, 0.4) is 0 Å². The highest BCUT2D eigenvalue weighted by Gasteiger charge is 2.21. The molecule has 1 unspecified atom stereocenters. The number of methoxy groups -OCH3 is 1. The van der Waals surface area contributed by atoms with Gasteiger partial charge in [-0.25, -0.2) is 0 Å². The van der Waals surface area contributed by atoms with Gasteiger partial charge < -0.3 is 14.6 Å². The first kappa shape index (κ1) is 22.3. The zero-order valence-corrected chi connectivity index (χ0v) is 18.8. The van der Waals surface area contributed by atoms with Crippen LogP contribution in [0.1, 0.15) is 18.9 Å². The minimum atomic E-state index is -0.352. The van der Waals surface area contributed by atoms with Crippen LogP contribution in [0.5, 0.6) is 0 Å². The zero-order chi connectivity index (χ0) is 21.5. The molecule has 1 N–H and O–H groups in total. The number of carbonyl (C=O) groups is 1. The van der Waals surface area contributed by atoms with E-state index in [0.29, 0.717) is 29.2 Å². The third-order valence-electron chi connectivity index (χ3n) is 4.50. The van der Waals surface area contributed by atoms with E-state index < -0.39 is 0 Å². The predicted octanol–water partition coefficient (Wildman–Crippen LogP) is 5.06. The van der Waals surface area contributed by atoms with Gasteiger partial charge in [-0.2, -0.15) is 0 Å². The highest BCUT2D eigenvalue weighted by molar-refractivity contribution is 8.00. The van der Waals surface area contributed by atoms with Crippen LogP contribution in [0.25, 0.3) is 11.4 Å². The van der Waals surface area contributed by atoms with Gasteiger partial charge in [-0.15, -0.1) is 10.2 Å². The van der Waals surface area contributed by atoms with Crippen molar-refractivity contribution in [2.45, 2.75) is 37.2 Å². The molecule has 0 saturated heterocycles. The average molecular weight is 445 g/mol. The second-order valence-electron chi connectivity index (χ2n) is 6.90. The monoisotopic (exact) mass is 444 g/mol. The van der Waals surface area contributed by atoms with Crippen molar-refractivity contribution in [3.63, 3.8) is 0 Å². The van der Waals surface area contributed by atoms with Crippen molar-refractivity contribution >= 4 is 35.0 Å². The SMILES string of the molecule is COCCCn1c(SC(C)C(=O)Nc2cccc(C)c2)nnc1-c1ccccc1Cl. The van der Waals surface area contributed by atoms with Crippen molar-refractivity contribution in [3.05, 3.63) is 59.1 Å². The summed E-state index contributed by atoms with van der Waals surface area (Å²) in [6, 6.07) is 15.3. The maximum atomic E-state index is 12.7. The molecule has 6 nitrogen and oxygen atoms in total. The summed E-state index contributed by atoms with van der Waals surface area (Å²) in [5.74, 6) is 0.599. The van der Waals surface area contributed by atoms with Gasteiger partial charge in [-0.05, 0) is 50.1 Å². The number of ether oxygens (including phenoxy) is 1. The van der Waals surface area contributed by atoms with Crippen LogP contribution in [0.15, 0.2) is 53.7 Å². The van der Waals surface area contributed by atoms with Crippen molar-refractivity contribution in [3.8, 4) is 11.4 Å². The van der Waals surface area contributed by atoms with E-state index >= 15 is 0 Å². The number of amides is 1. The number of hydrogen-bond donors (Lipinski definition) is 1. The van der Waals surface area contributed by atoms with E-state index in [-0.39, 0.29) is 11.2 Å². The van der Waals surface area contributed by atoms with Crippen molar-refractivity contribution < 1.29 is 9.53 Å². The van der Waals surface area contributed by atoms with E-state index in [4.69, 9.17) is 16.3 Å². The van der Waals surface area contributed by atoms with Crippen molar-refractivity contribution in [1.29, 1.82) is 0 Å². The lowest BCUT2D eigenvalue weighted by atomic mass is 10.2. The number of hydrogen-bond acceptors (Lipinski definition) is 5. The molecule has 1 amide bonds. The number of nitrogens with zero attached hydrogens (tertiary/aromatic N) is 3. The second kappa shape index (κ2) is 10.6. The molecule has 0 aliphatic carbocycles. The van der Waals surface area contributed by atoms with E-state index in [1.54, 1.807) is 7.11 Å². The molecule has 1 atom stereocenters. The minimum absolute atomic E-state index is 0.0867. The Morgan fingerprint density at radius 1 is 1.23 bits per heavy atom. The normalized spacial score (nSPS) is 12.0. The van der Waals surface area contributed by atoms with Gasteiger partial charge >= 0.3 is 0 Å². The molecule has 0 radical (unpaired) electrons. The van der Waals surface area contributed by atoms with Gasteiger partial charge in [0.1, 0.15) is 0 Å². The molecule has 0 saturated carbocycles. The number of anilines is 1. The molecule has 1 heterocycles. The molecular formula is C22H25ClN4O2S. The van der Waals surface area contributed by atoms with Gasteiger partial charge in [-0.1, -0.05) is 47.6 Å². The van der Waals surface area contributed by atoms with Gasteiger partial charge in [0, 0.05) is 31.5 Å². The fourth-order valence-corrected chi connectivity index (χ4v) is 4.06. The van der Waals surface area contributed by atoms with E-state index in [1.807, 2.05) is 66.9 Å². The minimum Gasteiger partial charge on any atom is -0.385 e. The number of carbonyl (C=O) groups excluding carboxylic acids is 1. The number of nitrogens with one attached hydrogen (secondary N) is 1. The number of rotatable bonds is 9. The Morgan fingerprint density at radius 2 is 2.03 bits per heavy atom. The molecule has 2 aromatic carbocycles. The summed E-state index contributed by atoms with van der Waals surface area (Å²) in [5.41, 5.74) is 2.69. The third-order valence-corrected chi connectivity index (χ3v) is 5.91. The average Bonchev–Trinajstić information content (AvgIpc) is 3.10. The van der Waals surface area contributed by atoms with Gasteiger partial charge in [-0.3, -0.25) is 4.79 Å². The highest BCUT2D eigenvalue weighted by atomic mass is 35.5. The van der Waals surface area contributed by atoms with E-state index in [2.05, 4.69) is 15.5 Å². The smallest absolute Gasteiger partial charge is 0.237 e. The fourth-order valence-electron chi connectivity index (χ4n) is 2.96. The molecule has 0 aliphatic heterocycles. The van der Waals surface area contributed by atoms with E-state index in [0.717, 1.165) is 23.2 Å². The third kappa shape index (κ3) is 5.62. The lowest BCUT2D eigenvalue weighted by Gasteiger charge is -2.14. The largest absolute Gasteiger partial charge is 0.385 e. The summed E-state index contributed by atoms with van der Waals surface area (Å²) in [7, 11) is 1.68. The molecular weight excluding hydrogens is 420 g/mol.